The quantitative estimate of drug-likeness (QED) is 0.713. The highest BCUT2D eigenvalue weighted by Crippen LogP contribution is 2.28. The number of furan rings is 1. The summed E-state index contributed by atoms with van der Waals surface area (Å²) in [6, 6.07) is 12.1. The SMILES string of the molecule is O[C@@H]1CC(Cn2cccn2)C[C@H]1NCc1ccc(-c2ccccc2F)o1. The lowest BCUT2D eigenvalue weighted by Gasteiger charge is -2.15. The topological polar surface area (TPSA) is 63.2 Å². The second kappa shape index (κ2) is 7.43. The van der Waals surface area contributed by atoms with Gasteiger partial charge in [0.1, 0.15) is 17.3 Å². The molecule has 5 nitrogen and oxygen atoms in total. The van der Waals surface area contributed by atoms with Crippen LogP contribution >= 0.6 is 0 Å². The summed E-state index contributed by atoms with van der Waals surface area (Å²) >= 11 is 0. The summed E-state index contributed by atoms with van der Waals surface area (Å²) in [4.78, 5) is 0. The zero-order valence-electron chi connectivity index (χ0n) is 14.4. The van der Waals surface area contributed by atoms with Crippen molar-refractivity contribution in [2.45, 2.75) is 38.1 Å². The van der Waals surface area contributed by atoms with E-state index in [1.807, 2.05) is 23.0 Å². The molecule has 1 aromatic carbocycles. The van der Waals surface area contributed by atoms with Crippen molar-refractivity contribution in [2.24, 2.45) is 5.92 Å². The maximum absolute atomic E-state index is 13.9. The Kier molecular flexibility index (Phi) is 4.86. The fourth-order valence-electron chi connectivity index (χ4n) is 3.67. The van der Waals surface area contributed by atoms with E-state index >= 15 is 0 Å². The molecule has 0 saturated heterocycles. The Hall–Kier alpha value is -2.44. The normalized spacial score (nSPS) is 22.8. The van der Waals surface area contributed by atoms with Crippen LogP contribution in [0.1, 0.15) is 18.6 Å². The lowest BCUT2D eigenvalue weighted by Crippen LogP contribution is -2.35. The van der Waals surface area contributed by atoms with Crippen LogP contribution in [-0.2, 0) is 13.1 Å². The number of rotatable bonds is 6. The minimum atomic E-state index is -0.378. The van der Waals surface area contributed by atoms with Gasteiger partial charge in [0.05, 0.1) is 18.2 Å². The standard InChI is InChI=1S/C20H22FN3O2/c21-17-5-2-1-4-16(17)20-7-6-15(26-20)12-22-18-10-14(11-19(18)25)13-24-9-3-8-23-24/h1-9,14,18-19,22,25H,10-13H2/t14?,18-,19-/m1/s1. The molecule has 0 spiro atoms. The molecule has 1 unspecified atom stereocenters. The molecular weight excluding hydrogens is 333 g/mol. The van der Waals surface area contributed by atoms with Gasteiger partial charge >= 0.3 is 0 Å². The summed E-state index contributed by atoms with van der Waals surface area (Å²) in [5.41, 5.74) is 0.457. The minimum Gasteiger partial charge on any atom is -0.460 e. The maximum Gasteiger partial charge on any atom is 0.137 e. The predicted octanol–water partition coefficient (Wildman–Crippen LogP) is 3.21. The lowest BCUT2D eigenvalue weighted by molar-refractivity contribution is 0.144. The summed E-state index contributed by atoms with van der Waals surface area (Å²) in [6.07, 6.45) is 4.99. The Balaban J connectivity index is 1.34. The van der Waals surface area contributed by atoms with Crippen LogP contribution < -0.4 is 5.32 Å². The Bertz CT molecular complexity index is 846. The van der Waals surface area contributed by atoms with E-state index in [0.29, 0.717) is 23.8 Å². The van der Waals surface area contributed by atoms with Crippen LogP contribution in [0.5, 0.6) is 0 Å². The molecule has 0 radical (unpaired) electrons. The van der Waals surface area contributed by atoms with Crippen LogP contribution in [0.15, 0.2) is 59.3 Å². The Morgan fingerprint density at radius 1 is 1.19 bits per heavy atom. The number of benzene rings is 1. The number of hydrogen-bond donors (Lipinski definition) is 2. The van der Waals surface area contributed by atoms with E-state index < -0.39 is 0 Å². The third-order valence-corrected chi connectivity index (χ3v) is 4.97. The number of aromatic nitrogens is 2. The third-order valence-electron chi connectivity index (χ3n) is 4.97. The van der Waals surface area contributed by atoms with Crippen LogP contribution in [0.3, 0.4) is 0 Å². The first-order valence-electron chi connectivity index (χ1n) is 8.91. The largest absolute Gasteiger partial charge is 0.460 e. The molecule has 1 saturated carbocycles. The van der Waals surface area contributed by atoms with Crippen molar-refractivity contribution in [1.29, 1.82) is 0 Å². The first kappa shape index (κ1) is 17.0. The van der Waals surface area contributed by atoms with Crippen LogP contribution in [0.25, 0.3) is 11.3 Å². The van der Waals surface area contributed by atoms with Crippen molar-refractivity contribution < 1.29 is 13.9 Å². The molecule has 0 amide bonds. The summed E-state index contributed by atoms with van der Waals surface area (Å²) in [6.45, 7) is 1.32. The van der Waals surface area contributed by atoms with E-state index in [-0.39, 0.29) is 18.0 Å². The van der Waals surface area contributed by atoms with Gasteiger partial charge in [0.2, 0.25) is 0 Å². The van der Waals surface area contributed by atoms with Crippen molar-refractivity contribution in [1.82, 2.24) is 15.1 Å². The van der Waals surface area contributed by atoms with E-state index in [4.69, 9.17) is 4.42 Å². The van der Waals surface area contributed by atoms with Crippen molar-refractivity contribution in [2.75, 3.05) is 0 Å². The average Bonchev–Trinajstić information content (AvgIpc) is 3.36. The summed E-state index contributed by atoms with van der Waals surface area (Å²) < 4.78 is 21.5. The molecule has 1 aliphatic rings. The molecule has 6 heteroatoms. The molecule has 1 aliphatic carbocycles. The summed E-state index contributed by atoms with van der Waals surface area (Å²) in [7, 11) is 0. The van der Waals surface area contributed by atoms with Gasteiger partial charge in [-0.3, -0.25) is 4.68 Å². The first-order valence-corrected chi connectivity index (χ1v) is 8.91. The van der Waals surface area contributed by atoms with Gasteiger partial charge in [0.25, 0.3) is 0 Å². The van der Waals surface area contributed by atoms with Crippen LogP contribution in [0.2, 0.25) is 0 Å². The molecule has 3 atom stereocenters. The average molecular weight is 355 g/mol. The zero-order chi connectivity index (χ0) is 17.9. The molecule has 1 fully saturated rings. The van der Waals surface area contributed by atoms with Crippen LogP contribution in [-0.4, -0.2) is 27.0 Å². The van der Waals surface area contributed by atoms with Crippen molar-refractivity contribution >= 4 is 0 Å². The number of aliphatic hydroxyl groups excluding tert-OH is 1. The van der Waals surface area contributed by atoms with E-state index in [9.17, 15) is 9.50 Å². The van der Waals surface area contributed by atoms with E-state index in [1.165, 1.54) is 6.07 Å². The van der Waals surface area contributed by atoms with Crippen LogP contribution in [0, 0.1) is 11.7 Å². The summed E-state index contributed by atoms with van der Waals surface area (Å²) in [5.74, 6) is 1.34. The maximum atomic E-state index is 13.9. The van der Waals surface area contributed by atoms with Gasteiger partial charge in [-0.2, -0.15) is 5.10 Å². The van der Waals surface area contributed by atoms with Crippen molar-refractivity contribution in [3.05, 3.63) is 66.4 Å². The Morgan fingerprint density at radius 2 is 2.08 bits per heavy atom. The molecule has 3 aromatic rings. The van der Waals surface area contributed by atoms with Crippen LogP contribution in [0.4, 0.5) is 4.39 Å². The van der Waals surface area contributed by atoms with Gasteiger partial charge in [-0.1, -0.05) is 12.1 Å². The molecule has 2 aromatic heterocycles. The van der Waals surface area contributed by atoms with E-state index in [0.717, 1.165) is 25.1 Å². The number of nitrogens with one attached hydrogen (secondary N) is 1. The first-order chi connectivity index (χ1) is 12.7. The second-order valence-electron chi connectivity index (χ2n) is 6.87. The van der Waals surface area contributed by atoms with Gasteiger partial charge in [-0.05, 0) is 49.1 Å². The van der Waals surface area contributed by atoms with Gasteiger partial charge in [0.15, 0.2) is 0 Å². The molecule has 4 rings (SSSR count). The Morgan fingerprint density at radius 3 is 2.88 bits per heavy atom. The van der Waals surface area contributed by atoms with E-state index in [2.05, 4.69) is 10.4 Å². The highest BCUT2D eigenvalue weighted by Gasteiger charge is 2.32. The molecule has 136 valence electrons. The predicted molar refractivity (Wildman–Crippen MR) is 95.7 cm³/mol. The zero-order valence-corrected chi connectivity index (χ0v) is 14.4. The monoisotopic (exact) mass is 355 g/mol. The highest BCUT2D eigenvalue weighted by molar-refractivity contribution is 5.58. The minimum absolute atomic E-state index is 0.0255. The summed E-state index contributed by atoms with van der Waals surface area (Å²) in [5, 5.41) is 17.9. The molecule has 2 N–H and O–H groups in total. The highest BCUT2D eigenvalue weighted by atomic mass is 19.1. The van der Waals surface area contributed by atoms with E-state index in [1.54, 1.807) is 30.5 Å². The third kappa shape index (κ3) is 3.71. The number of halogens is 1. The molecular formula is C20H22FN3O2. The lowest BCUT2D eigenvalue weighted by atomic mass is 10.1. The smallest absolute Gasteiger partial charge is 0.137 e. The molecule has 2 heterocycles. The van der Waals surface area contributed by atoms with Crippen molar-refractivity contribution in [3.8, 4) is 11.3 Å². The number of aliphatic hydroxyl groups is 1. The van der Waals surface area contributed by atoms with Gasteiger partial charge < -0.3 is 14.8 Å². The molecule has 0 aliphatic heterocycles. The second-order valence-corrected chi connectivity index (χ2v) is 6.87. The van der Waals surface area contributed by atoms with Crippen molar-refractivity contribution in [3.63, 3.8) is 0 Å². The van der Waals surface area contributed by atoms with Gasteiger partial charge in [0, 0.05) is 25.0 Å². The number of nitrogens with zero attached hydrogens (tertiary/aromatic N) is 2. The van der Waals surface area contributed by atoms with Gasteiger partial charge in [-0.25, -0.2) is 4.39 Å². The molecule has 0 bridgehead atoms. The number of hydrogen-bond acceptors (Lipinski definition) is 4. The fraction of sp³-hybridized carbons (Fsp3) is 0.350. The Labute approximate surface area is 151 Å². The molecule has 26 heavy (non-hydrogen) atoms. The van der Waals surface area contributed by atoms with Gasteiger partial charge in [-0.15, -0.1) is 0 Å². The fourth-order valence-corrected chi connectivity index (χ4v) is 3.67.